The van der Waals surface area contributed by atoms with Crippen molar-refractivity contribution in [3.63, 3.8) is 0 Å². The van der Waals surface area contributed by atoms with E-state index in [1.54, 1.807) is 6.33 Å². The molecule has 1 unspecified atom stereocenters. The van der Waals surface area contributed by atoms with Gasteiger partial charge in [-0.3, -0.25) is 0 Å². The van der Waals surface area contributed by atoms with Crippen LogP contribution in [0.4, 0.5) is 0 Å². The van der Waals surface area contributed by atoms with Crippen LogP contribution in [0.5, 0.6) is 0 Å². The summed E-state index contributed by atoms with van der Waals surface area (Å²) in [5.74, 6) is 0.453. The summed E-state index contributed by atoms with van der Waals surface area (Å²) in [6, 6.07) is 2.27. The second kappa shape index (κ2) is 5.05. The van der Waals surface area contributed by atoms with Gasteiger partial charge in [-0.05, 0) is 18.4 Å². The normalized spacial score (nSPS) is 13.2. The van der Waals surface area contributed by atoms with Crippen molar-refractivity contribution in [3.05, 3.63) is 23.8 Å². The maximum Gasteiger partial charge on any atom is 0.115 e. The van der Waals surface area contributed by atoms with Crippen LogP contribution < -0.4 is 5.73 Å². The minimum Gasteiger partial charge on any atom is -0.327 e. The van der Waals surface area contributed by atoms with Crippen molar-refractivity contribution in [2.75, 3.05) is 0 Å². The Balaban J connectivity index is 2.73. The third-order valence-corrected chi connectivity index (χ3v) is 2.33. The Bertz CT molecular complexity index is 284. The zero-order chi connectivity index (χ0) is 10.6. The molecule has 0 amide bonds. The van der Waals surface area contributed by atoms with E-state index in [1.165, 1.54) is 0 Å². The third-order valence-electron chi connectivity index (χ3n) is 2.33. The van der Waals surface area contributed by atoms with Crippen molar-refractivity contribution < 1.29 is 0 Å². The number of nitrogens with zero attached hydrogens (tertiary/aromatic N) is 2. The lowest BCUT2D eigenvalue weighted by Gasteiger charge is -2.09. The first-order valence-electron chi connectivity index (χ1n) is 5.19. The van der Waals surface area contributed by atoms with Gasteiger partial charge in [0.05, 0.1) is 0 Å². The molecule has 3 heteroatoms. The summed E-state index contributed by atoms with van der Waals surface area (Å²) in [7, 11) is 0. The Morgan fingerprint density at radius 1 is 1.36 bits per heavy atom. The molecule has 0 aliphatic carbocycles. The SMILES string of the molecule is CCC(N)Cc1cc(C(C)C)ncn1. The molecule has 0 radical (unpaired) electrons. The molecular weight excluding hydrogens is 174 g/mol. The topological polar surface area (TPSA) is 51.8 Å². The van der Waals surface area contributed by atoms with Gasteiger partial charge in [-0.15, -0.1) is 0 Å². The van der Waals surface area contributed by atoms with E-state index in [0.29, 0.717) is 5.92 Å². The fourth-order valence-electron chi connectivity index (χ4n) is 1.26. The Morgan fingerprint density at radius 3 is 2.64 bits per heavy atom. The molecule has 1 heterocycles. The minimum absolute atomic E-state index is 0.213. The summed E-state index contributed by atoms with van der Waals surface area (Å²) in [4.78, 5) is 8.44. The highest BCUT2D eigenvalue weighted by molar-refractivity contribution is 5.12. The Morgan fingerprint density at radius 2 is 2.07 bits per heavy atom. The summed E-state index contributed by atoms with van der Waals surface area (Å²) >= 11 is 0. The summed E-state index contributed by atoms with van der Waals surface area (Å²) in [5, 5.41) is 0. The second-order valence-corrected chi connectivity index (χ2v) is 3.96. The van der Waals surface area contributed by atoms with E-state index in [9.17, 15) is 0 Å². The Labute approximate surface area is 85.8 Å². The van der Waals surface area contributed by atoms with Gasteiger partial charge in [0.25, 0.3) is 0 Å². The van der Waals surface area contributed by atoms with Crippen molar-refractivity contribution in [1.82, 2.24) is 9.97 Å². The molecule has 0 fully saturated rings. The first-order valence-corrected chi connectivity index (χ1v) is 5.19. The van der Waals surface area contributed by atoms with Gasteiger partial charge in [-0.2, -0.15) is 0 Å². The van der Waals surface area contributed by atoms with E-state index >= 15 is 0 Å². The van der Waals surface area contributed by atoms with Gasteiger partial charge in [-0.25, -0.2) is 9.97 Å². The standard InChI is InChI=1S/C11H19N3/c1-4-9(12)5-10-6-11(8(2)3)14-7-13-10/h6-9H,4-5,12H2,1-3H3. The van der Waals surface area contributed by atoms with Crippen LogP contribution in [0.3, 0.4) is 0 Å². The highest BCUT2D eigenvalue weighted by atomic mass is 14.8. The van der Waals surface area contributed by atoms with Crippen LogP contribution in [0.2, 0.25) is 0 Å². The maximum atomic E-state index is 5.87. The molecule has 2 N–H and O–H groups in total. The molecule has 0 saturated carbocycles. The average molecular weight is 193 g/mol. The average Bonchev–Trinajstić information content (AvgIpc) is 2.18. The predicted molar refractivity (Wildman–Crippen MR) is 58.1 cm³/mol. The van der Waals surface area contributed by atoms with Gasteiger partial charge in [0.2, 0.25) is 0 Å². The molecule has 0 bridgehead atoms. The summed E-state index contributed by atoms with van der Waals surface area (Å²) in [6.45, 7) is 6.35. The van der Waals surface area contributed by atoms with E-state index in [2.05, 4.69) is 36.8 Å². The molecule has 0 aliphatic rings. The summed E-state index contributed by atoms with van der Waals surface area (Å²) in [6.07, 6.45) is 3.47. The molecule has 0 aromatic carbocycles. The van der Waals surface area contributed by atoms with Gasteiger partial charge in [0, 0.05) is 23.9 Å². The molecule has 78 valence electrons. The van der Waals surface area contributed by atoms with Crippen molar-refractivity contribution in [2.45, 2.75) is 45.6 Å². The van der Waals surface area contributed by atoms with E-state index in [4.69, 9.17) is 5.73 Å². The van der Waals surface area contributed by atoms with Gasteiger partial charge in [0.1, 0.15) is 6.33 Å². The molecule has 1 aromatic heterocycles. The fraction of sp³-hybridized carbons (Fsp3) is 0.636. The monoisotopic (exact) mass is 193 g/mol. The van der Waals surface area contributed by atoms with Gasteiger partial charge < -0.3 is 5.73 Å². The first kappa shape index (κ1) is 11.1. The van der Waals surface area contributed by atoms with E-state index in [-0.39, 0.29) is 6.04 Å². The molecule has 3 nitrogen and oxygen atoms in total. The molecule has 1 aromatic rings. The maximum absolute atomic E-state index is 5.87. The third kappa shape index (κ3) is 3.07. The van der Waals surface area contributed by atoms with Crippen molar-refractivity contribution >= 4 is 0 Å². The highest BCUT2D eigenvalue weighted by Crippen LogP contribution is 2.11. The minimum atomic E-state index is 0.213. The zero-order valence-electron chi connectivity index (χ0n) is 9.20. The number of aromatic nitrogens is 2. The quantitative estimate of drug-likeness (QED) is 0.794. The molecule has 1 rings (SSSR count). The van der Waals surface area contributed by atoms with Crippen molar-refractivity contribution in [1.29, 1.82) is 0 Å². The predicted octanol–water partition coefficient (Wildman–Crippen LogP) is 1.88. The van der Waals surface area contributed by atoms with Crippen LogP contribution in [0.1, 0.15) is 44.5 Å². The second-order valence-electron chi connectivity index (χ2n) is 3.96. The number of hydrogen-bond donors (Lipinski definition) is 1. The Kier molecular flexibility index (Phi) is 4.01. The molecule has 0 spiro atoms. The number of rotatable bonds is 4. The molecule has 0 saturated heterocycles. The summed E-state index contributed by atoms with van der Waals surface area (Å²) in [5.41, 5.74) is 8.02. The van der Waals surface area contributed by atoms with Gasteiger partial charge >= 0.3 is 0 Å². The highest BCUT2D eigenvalue weighted by Gasteiger charge is 2.06. The first-order chi connectivity index (χ1) is 6.63. The smallest absolute Gasteiger partial charge is 0.115 e. The van der Waals surface area contributed by atoms with Gasteiger partial charge in [-0.1, -0.05) is 20.8 Å². The molecular formula is C11H19N3. The molecule has 14 heavy (non-hydrogen) atoms. The van der Waals surface area contributed by atoms with E-state index in [1.807, 2.05) is 0 Å². The lowest BCUT2D eigenvalue weighted by molar-refractivity contribution is 0.633. The number of hydrogen-bond acceptors (Lipinski definition) is 3. The van der Waals surface area contributed by atoms with Crippen molar-refractivity contribution in [2.24, 2.45) is 5.73 Å². The van der Waals surface area contributed by atoms with Crippen LogP contribution in [0, 0.1) is 0 Å². The van der Waals surface area contributed by atoms with Crippen LogP contribution >= 0.6 is 0 Å². The Hall–Kier alpha value is -0.960. The van der Waals surface area contributed by atoms with Crippen LogP contribution in [0.25, 0.3) is 0 Å². The summed E-state index contributed by atoms with van der Waals surface area (Å²) < 4.78 is 0. The number of nitrogens with two attached hydrogens (primary N) is 1. The van der Waals surface area contributed by atoms with Gasteiger partial charge in [0.15, 0.2) is 0 Å². The van der Waals surface area contributed by atoms with Crippen LogP contribution in [-0.2, 0) is 6.42 Å². The molecule has 1 atom stereocenters. The lowest BCUT2D eigenvalue weighted by Crippen LogP contribution is -2.22. The van der Waals surface area contributed by atoms with E-state index < -0.39 is 0 Å². The fourth-order valence-corrected chi connectivity index (χ4v) is 1.26. The molecule has 0 aliphatic heterocycles. The van der Waals surface area contributed by atoms with Crippen LogP contribution in [-0.4, -0.2) is 16.0 Å². The van der Waals surface area contributed by atoms with Crippen LogP contribution in [0.15, 0.2) is 12.4 Å². The van der Waals surface area contributed by atoms with E-state index in [0.717, 1.165) is 24.2 Å². The van der Waals surface area contributed by atoms with Crippen molar-refractivity contribution in [3.8, 4) is 0 Å². The zero-order valence-corrected chi connectivity index (χ0v) is 9.20. The largest absolute Gasteiger partial charge is 0.327 e. The lowest BCUT2D eigenvalue weighted by atomic mass is 10.1.